The van der Waals surface area contributed by atoms with E-state index in [1.807, 2.05) is 72.0 Å². The Hall–Kier alpha value is -5.97. The largest absolute Gasteiger partial charge is 0.208 e. The summed E-state index contributed by atoms with van der Waals surface area (Å²) < 4.78 is 2.59. The Morgan fingerprint density at radius 2 is 0.809 bits per heavy atom. The minimum atomic E-state index is 0.658. The summed E-state index contributed by atoms with van der Waals surface area (Å²) in [5.74, 6) is 1.97. The third-order valence-electron chi connectivity index (χ3n) is 8.74. The SMILES string of the molecule is c1ccc(-c2nc(-c3ccccc3)nc(-c3ccc(-c4cc(-c5ccccc5)c5c(c4)sc4ccccc45)c4ccccc34)n2)cc1. The number of rotatable bonds is 5. The molecule has 220 valence electrons. The van der Waals surface area contributed by atoms with E-state index in [0.29, 0.717) is 17.5 Å². The maximum atomic E-state index is 5.05. The molecule has 0 bridgehead atoms. The van der Waals surface area contributed by atoms with E-state index < -0.39 is 0 Å². The van der Waals surface area contributed by atoms with Crippen LogP contribution in [-0.2, 0) is 0 Å². The molecule has 47 heavy (non-hydrogen) atoms. The molecule has 7 aromatic carbocycles. The monoisotopic (exact) mass is 617 g/mol. The van der Waals surface area contributed by atoms with E-state index in [0.717, 1.165) is 27.5 Å². The van der Waals surface area contributed by atoms with Crippen LogP contribution in [0.25, 0.3) is 87.4 Å². The lowest BCUT2D eigenvalue weighted by Crippen LogP contribution is -2.00. The van der Waals surface area contributed by atoms with Crippen molar-refractivity contribution in [1.82, 2.24) is 15.0 Å². The zero-order chi connectivity index (χ0) is 31.2. The molecule has 0 saturated heterocycles. The van der Waals surface area contributed by atoms with E-state index in [9.17, 15) is 0 Å². The molecule has 0 N–H and O–H groups in total. The van der Waals surface area contributed by atoms with Crippen LogP contribution in [0.2, 0.25) is 0 Å². The normalized spacial score (nSPS) is 11.4. The van der Waals surface area contributed by atoms with Crippen LogP contribution in [0, 0.1) is 0 Å². The Morgan fingerprint density at radius 3 is 1.45 bits per heavy atom. The van der Waals surface area contributed by atoms with Crippen LogP contribution < -0.4 is 0 Å². The predicted octanol–water partition coefficient (Wildman–Crippen LogP) is 11.7. The van der Waals surface area contributed by atoms with Gasteiger partial charge in [0, 0.05) is 36.9 Å². The zero-order valence-corrected chi connectivity index (χ0v) is 26.2. The molecule has 0 atom stereocenters. The molecule has 0 aliphatic carbocycles. The van der Waals surface area contributed by atoms with Gasteiger partial charge in [0.15, 0.2) is 17.5 Å². The number of hydrogen-bond acceptors (Lipinski definition) is 4. The molecule has 0 unspecified atom stereocenters. The first-order chi connectivity index (χ1) is 23.3. The quantitative estimate of drug-likeness (QED) is 0.193. The Labute approximate surface area is 276 Å². The standard InChI is InChI=1S/C43H27N3S/c1-4-14-28(15-5-1)37-26-31(27-39-40(37)36-22-12-13-23-38(36)47-39)32-24-25-35(34-21-11-10-20-33(32)34)43-45-41(29-16-6-2-7-17-29)44-42(46-43)30-18-8-3-9-19-30/h1-27H. The van der Waals surface area contributed by atoms with Crippen molar-refractivity contribution in [2.24, 2.45) is 0 Å². The van der Waals surface area contributed by atoms with Gasteiger partial charge in [-0.3, -0.25) is 0 Å². The number of fused-ring (bicyclic) bond motifs is 4. The first kappa shape index (κ1) is 27.3. The van der Waals surface area contributed by atoms with Crippen LogP contribution in [-0.4, -0.2) is 15.0 Å². The van der Waals surface area contributed by atoms with Crippen molar-refractivity contribution in [1.29, 1.82) is 0 Å². The summed E-state index contributed by atoms with van der Waals surface area (Å²) in [7, 11) is 0. The molecular weight excluding hydrogens is 591 g/mol. The van der Waals surface area contributed by atoms with Crippen LogP contribution >= 0.6 is 11.3 Å². The lowest BCUT2D eigenvalue weighted by Gasteiger charge is -2.14. The summed E-state index contributed by atoms with van der Waals surface area (Å²) in [5, 5.41) is 4.88. The minimum absolute atomic E-state index is 0.658. The number of hydrogen-bond donors (Lipinski definition) is 0. The second kappa shape index (κ2) is 11.4. The summed E-state index contributed by atoms with van der Waals surface area (Å²) in [5.41, 5.74) is 7.74. The van der Waals surface area contributed by atoms with E-state index in [1.54, 1.807) is 0 Å². The highest BCUT2D eigenvalue weighted by Gasteiger charge is 2.18. The predicted molar refractivity (Wildman–Crippen MR) is 197 cm³/mol. The van der Waals surface area contributed by atoms with Gasteiger partial charge in [0.1, 0.15) is 0 Å². The van der Waals surface area contributed by atoms with Gasteiger partial charge in [-0.2, -0.15) is 0 Å². The number of thiophene rings is 1. The fourth-order valence-corrected chi connectivity index (χ4v) is 7.70. The molecule has 0 fully saturated rings. The second-order valence-corrected chi connectivity index (χ2v) is 12.7. The van der Waals surface area contributed by atoms with Crippen molar-refractivity contribution in [2.45, 2.75) is 0 Å². The summed E-state index contributed by atoms with van der Waals surface area (Å²) >= 11 is 1.86. The van der Waals surface area contributed by atoms with Gasteiger partial charge in [-0.15, -0.1) is 11.3 Å². The van der Waals surface area contributed by atoms with Crippen molar-refractivity contribution in [3.05, 3.63) is 164 Å². The van der Waals surface area contributed by atoms with Crippen LogP contribution in [0.5, 0.6) is 0 Å². The summed E-state index contributed by atoms with van der Waals surface area (Å²) in [4.78, 5) is 15.0. The van der Waals surface area contributed by atoms with E-state index in [2.05, 4.69) is 103 Å². The maximum Gasteiger partial charge on any atom is 0.164 e. The molecule has 2 heterocycles. The highest BCUT2D eigenvalue weighted by Crippen LogP contribution is 2.44. The second-order valence-electron chi connectivity index (χ2n) is 11.6. The molecule has 3 nitrogen and oxygen atoms in total. The van der Waals surface area contributed by atoms with Crippen LogP contribution in [0.4, 0.5) is 0 Å². The average molecular weight is 618 g/mol. The van der Waals surface area contributed by atoms with Gasteiger partial charge in [0.05, 0.1) is 0 Å². The number of benzene rings is 7. The summed E-state index contributed by atoms with van der Waals surface area (Å²) in [6, 6.07) is 57.5. The topological polar surface area (TPSA) is 38.7 Å². The molecule has 9 rings (SSSR count). The molecule has 4 heteroatoms. The Morgan fingerprint density at radius 1 is 0.319 bits per heavy atom. The third-order valence-corrected chi connectivity index (χ3v) is 9.86. The molecule has 0 aliphatic heterocycles. The Bertz CT molecular complexity index is 2500. The molecular formula is C43H27N3S. The first-order valence-electron chi connectivity index (χ1n) is 15.7. The lowest BCUT2D eigenvalue weighted by molar-refractivity contribution is 1.08. The fraction of sp³-hybridized carbons (Fsp3) is 0. The highest BCUT2D eigenvalue weighted by atomic mass is 32.1. The van der Waals surface area contributed by atoms with Crippen molar-refractivity contribution in [3.63, 3.8) is 0 Å². The fourth-order valence-electron chi connectivity index (χ4n) is 6.53. The van der Waals surface area contributed by atoms with Crippen LogP contribution in [0.1, 0.15) is 0 Å². The molecule has 9 aromatic rings. The lowest BCUT2D eigenvalue weighted by atomic mass is 9.91. The van der Waals surface area contributed by atoms with Crippen molar-refractivity contribution in [3.8, 4) is 56.4 Å². The van der Waals surface area contributed by atoms with Crippen molar-refractivity contribution < 1.29 is 0 Å². The van der Waals surface area contributed by atoms with E-state index in [4.69, 9.17) is 15.0 Å². The molecule has 0 amide bonds. The van der Waals surface area contributed by atoms with Gasteiger partial charge in [0.2, 0.25) is 0 Å². The molecule has 0 saturated carbocycles. The van der Waals surface area contributed by atoms with Crippen LogP contribution in [0.15, 0.2) is 164 Å². The van der Waals surface area contributed by atoms with Crippen LogP contribution in [0.3, 0.4) is 0 Å². The van der Waals surface area contributed by atoms with Gasteiger partial charge < -0.3 is 0 Å². The highest BCUT2D eigenvalue weighted by molar-refractivity contribution is 7.26. The van der Waals surface area contributed by atoms with E-state index >= 15 is 0 Å². The van der Waals surface area contributed by atoms with Gasteiger partial charge in [-0.25, -0.2) is 15.0 Å². The Kier molecular flexibility index (Phi) is 6.65. The molecule has 0 aliphatic rings. The molecule has 2 aromatic heterocycles. The van der Waals surface area contributed by atoms with E-state index in [1.165, 1.54) is 42.4 Å². The third kappa shape index (κ3) is 4.87. The average Bonchev–Trinajstić information content (AvgIpc) is 3.53. The summed E-state index contributed by atoms with van der Waals surface area (Å²) in [6.07, 6.45) is 0. The smallest absolute Gasteiger partial charge is 0.164 e. The van der Waals surface area contributed by atoms with Gasteiger partial charge >= 0.3 is 0 Å². The minimum Gasteiger partial charge on any atom is -0.208 e. The maximum absolute atomic E-state index is 5.05. The molecule has 0 spiro atoms. The number of nitrogens with zero attached hydrogens (tertiary/aromatic N) is 3. The zero-order valence-electron chi connectivity index (χ0n) is 25.3. The van der Waals surface area contributed by atoms with Gasteiger partial charge in [-0.05, 0) is 57.3 Å². The van der Waals surface area contributed by atoms with Gasteiger partial charge in [0.25, 0.3) is 0 Å². The van der Waals surface area contributed by atoms with E-state index in [-0.39, 0.29) is 0 Å². The van der Waals surface area contributed by atoms with Crippen molar-refractivity contribution in [2.75, 3.05) is 0 Å². The first-order valence-corrected chi connectivity index (χ1v) is 16.5. The van der Waals surface area contributed by atoms with Crippen molar-refractivity contribution >= 4 is 42.3 Å². The number of aromatic nitrogens is 3. The molecule has 0 radical (unpaired) electrons. The van der Waals surface area contributed by atoms with Gasteiger partial charge in [-0.1, -0.05) is 140 Å². The summed E-state index contributed by atoms with van der Waals surface area (Å²) in [6.45, 7) is 0. The Balaban J connectivity index is 1.27.